The fourth-order valence-electron chi connectivity index (χ4n) is 3.63. The van der Waals surface area contributed by atoms with Gasteiger partial charge in [0.05, 0.1) is 19.2 Å². The van der Waals surface area contributed by atoms with Crippen LogP contribution in [0.1, 0.15) is 32.3 Å². The molecule has 29 heavy (non-hydrogen) atoms. The summed E-state index contributed by atoms with van der Waals surface area (Å²) < 4.78 is 10.4. The van der Waals surface area contributed by atoms with Gasteiger partial charge in [-0.2, -0.15) is 0 Å². The van der Waals surface area contributed by atoms with Crippen LogP contribution in [-0.4, -0.2) is 42.3 Å². The van der Waals surface area contributed by atoms with E-state index in [-0.39, 0.29) is 31.1 Å². The van der Waals surface area contributed by atoms with Crippen LogP contribution in [0.2, 0.25) is 0 Å². The van der Waals surface area contributed by atoms with Gasteiger partial charge in [0.1, 0.15) is 11.5 Å². The van der Waals surface area contributed by atoms with Crippen LogP contribution < -0.4 is 10.1 Å². The summed E-state index contributed by atoms with van der Waals surface area (Å²) >= 11 is 0. The van der Waals surface area contributed by atoms with Crippen LogP contribution in [0, 0.1) is 34.8 Å². The quantitative estimate of drug-likeness (QED) is 0.399. The Balaban J connectivity index is 1.97. The zero-order chi connectivity index (χ0) is 21.7. The van der Waals surface area contributed by atoms with E-state index in [1.165, 1.54) is 14.0 Å². The van der Waals surface area contributed by atoms with E-state index in [4.69, 9.17) is 9.47 Å². The number of nitrogens with one attached hydrogen (secondary N) is 1. The van der Waals surface area contributed by atoms with E-state index < -0.39 is 34.7 Å². The number of Topliss-reactive ketones (excluding diaryl/α,β-unsaturated/α-hetero) is 1. The monoisotopic (exact) mass is 406 g/mol. The summed E-state index contributed by atoms with van der Waals surface area (Å²) in [7, 11) is 1.48. The third kappa shape index (κ3) is 5.75. The van der Waals surface area contributed by atoms with Gasteiger partial charge in [-0.15, -0.1) is 0 Å². The number of benzene rings is 1. The molecule has 1 aromatic carbocycles. The first-order valence-corrected chi connectivity index (χ1v) is 9.41. The molecule has 1 saturated carbocycles. The van der Waals surface area contributed by atoms with Crippen molar-refractivity contribution in [2.45, 2.75) is 39.7 Å². The van der Waals surface area contributed by atoms with Gasteiger partial charge in [-0.3, -0.25) is 24.5 Å². The zero-order valence-electron chi connectivity index (χ0n) is 17.0. The Labute approximate surface area is 168 Å². The van der Waals surface area contributed by atoms with Crippen molar-refractivity contribution in [2.24, 2.45) is 17.8 Å². The number of aryl methyl sites for hydroxylation is 1. The van der Waals surface area contributed by atoms with Crippen LogP contribution in [-0.2, 0) is 19.1 Å². The van der Waals surface area contributed by atoms with E-state index in [0.29, 0.717) is 11.4 Å². The number of anilines is 1. The molecule has 0 spiro atoms. The lowest BCUT2D eigenvalue weighted by molar-refractivity contribution is -0.490. The van der Waals surface area contributed by atoms with E-state index in [1.807, 2.05) is 13.0 Å². The maximum absolute atomic E-state index is 12.4. The summed E-state index contributed by atoms with van der Waals surface area (Å²) in [6.07, 6.45) is -1.16. The van der Waals surface area contributed by atoms with E-state index in [0.717, 1.165) is 5.56 Å². The molecule has 0 aliphatic heterocycles. The van der Waals surface area contributed by atoms with Crippen molar-refractivity contribution in [3.05, 3.63) is 33.9 Å². The van der Waals surface area contributed by atoms with Crippen LogP contribution in [0.3, 0.4) is 0 Å². The van der Waals surface area contributed by atoms with Crippen molar-refractivity contribution < 1.29 is 28.8 Å². The molecule has 0 aromatic heterocycles. The lowest BCUT2D eigenvalue weighted by atomic mass is 9.88. The van der Waals surface area contributed by atoms with Gasteiger partial charge < -0.3 is 14.8 Å². The standard InChI is InChI=1S/C20H26N2O7/c1-11-5-6-18(28-4)16(7-11)21-20(25)13(3)29-19(24)9-14-15(10-22(26)27)12(2)8-17(14)23/h5-7,12-15H,8-10H2,1-4H3,(H,21,25)/t12-,13-,14+,15-/m1/s1. The summed E-state index contributed by atoms with van der Waals surface area (Å²) in [6, 6.07) is 5.27. The van der Waals surface area contributed by atoms with Crippen LogP contribution in [0.15, 0.2) is 18.2 Å². The summed E-state index contributed by atoms with van der Waals surface area (Å²) in [5.74, 6) is -2.42. The third-order valence-electron chi connectivity index (χ3n) is 5.22. The number of methoxy groups -OCH3 is 1. The summed E-state index contributed by atoms with van der Waals surface area (Å²) in [5.41, 5.74) is 1.36. The highest BCUT2D eigenvalue weighted by molar-refractivity contribution is 5.96. The van der Waals surface area contributed by atoms with Gasteiger partial charge in [0.15, 0.2) is 6.10 Å². The predicted octanol–water partition coefficient (Wildman–Crippen LogP) is 2.38. The number of nitro groups is 1. The fourth-order valence-corrected chi connectivity index (χ4v) is 3.63. The molecule has 9 nitrogen and oxygen atoms in total. The summed E-state index contributed by atoms with van der Waals surface area (Å²) in [6.45, 7) is 4.68. The molecule has 0 heterocycles. The average molecular weight is 406 g/mol. The maximum atomic E-state index is 12.4. The number of hydrogen-bond donors (Lipinski definition) is 1. The third-order valence-corrected chi connectivity index (χ3v) is 5.22. The van der Waals surface area contributed by atoms with Gasteiger partial charge in [0.2, 0.25) is 6.54 Å². The molecule has 0 bridgehead atoms. The topological polar surface area (TPSA) is 125 Å². The van der Waals surface area contributed by atoms with Crippen molar-refractivity contribution in [2.75, 3.05) is 19.0 Å². The molecule has 1 aromatic rings. The zero-order valence-corrected chi connectivity index (χ0v) is 17.0. The van der Waals surface area contributed by atoms with Crippen LogP contribution in [0.5, 0.6) is 5.75 Å². The summed E-state index contributed by atoms with van der Waals surface area (Å²) in [4.78, 5) is 47.2. The second kappa shape index (κ2) is 9.49. The first kappa shape index (κ1) is 22.3. The van der Waals surface area contributed by atoms with Crippen molar-refractivity contribution in [1.29, 1.82) is 0 Å². The molecule has 2 rings (SSSR count). The molecule has 0 radical (unpaired) electrons. The van der Waals surface area contributed by atoms with E-state index in [9.17, 15) is 24.5 Å². The van der Waals surface area contributed by atoms with Gasteiger partial charge in [0.25, 0.3) is 5.91 Å². The Hall–Kier alpha value is -2.97. The predicted molar refractivity (Wildman–Crippen MR) is 104 cm³/mol. The number of hydrogen-bond acceptors (Lipinski definition) is 7. The Morgan fingerprint density at radius 3 is 2.69 bits per heavy atom. The molecular formula is C20H26N2O7. The highest BCUT2D eigenvalue weighted by atomic mass is 16.6. The van der Waals surface area contributed by atoms with Gasteiger partial charge >= 0.3 is 5.97 Å². The Morgan fingerprint density at radius 1 is 1.38 bits per heavy atom. The first-order valence-electron chi connectivity index (χ1n) is 9.41. The molecule has 0 saturated heterocycles. The second-order valence-corrected chi connectivity index (χ2v) is 7.46. The van der Waals surface area contributed by atoms with E-state index in [1.54, 1.807) is 19.1 Å². The average Bonchev–Trinajstić information content (AvgIpc) is 2.88. The second-order valence-electron chi connectivity index (χ2n) is 7.46. The molecule has 4 atom stereocenters. The van der Waals surface area contributed by atoms with Gasteiger partial charge in [-0.1, -0.05) is 13.0 Å². The fraction of sp³-hybridized carbons (Fsp3) is 0.550. The molecule has 1 aliphatic carbocycles. The molecule has 1 amide bonds. The highest BCUT2D eigenvalue weighted by Gasteiger charge is 2.44. The number of ether oxygens (including phenoxy) is 2. The Kier molecular flexibility index (Phi) is 7.30. The van der Waals surface area contributed by atoms with Crippen molar-refractivity contribution >= 4 is 23.3 Å². The molecule has 1 aliphatic rings. The number of amides is 1. The van der Waals surface area contributed by atoms with E-state index in [2.05, 4.69) is 5.32 Å². The first-order chi connectivity index (χ1) is 13.6. The van der Waals surface area contributed by atoms with Gasteiger partial charge in [-0.05, 0) is 37.5 Å². The number of carbonyl (C=O) groups is 3. The van der Waals surface area contributed by atoms with Gasteiger partial charge in [0, 0.05) is 23.2 Å². The molecular weight excluding hydrogens is 380 g/mol. The molecule has 158 valence electrons. The lowest BCUT2D eigenvalue weighted by Gasteiger charge is -2.19. The largest absolute Gasteiger partial charge is 0.495 e. The minimum Gasteiger partial charge on any atom is -0.495 e. The smallest absolute Gasteiger partial charge is 0.307 e. The SMILES string of the molecule is COc1ccc(C)cc1NC(=O)[C@@H](C)OC(=O)C[C@@H]1C(=O)C[C@@H](C)[C@H]1C[N+](=O)[O-]. The lowest BCUT2D eigenvalue weighted by Crippen LogP contribution is -2.32. The molecule has 0 unspecified atom stereocenters. The van der Waals surface area contributed by atoms with Crippen LogP contribution in [0.25, 0.3) is 0 Å². The van der Waals surface area contributed by atoms with Crippen molar-refractivity contribution in [3.63, 3.8) is 0 Å². The normalized spacial score (nSPS) is 22.1. The number of rotatable bonds is 8. The van der Waals surface area contributed by atoms with Crippen molar-refractivity contribution in [1.82, 2.24) is 0 Å². The van der Waals surface area contributed by atoms with Crippen molar-refractivity contribution in [3.8, 4) is 5.75 Å². The van der Waals surface area contributed by atoms with E-state index >= 15 is 0 Å². The number of carbonyl (C=O) groups excluding carboxylic acids is 3. The number of ketones is 1. The summed E-state index contributed by atoms with van der Waals surface area (Å²) in [5, 5.41) is 13.5. The maximum Gasteiger partial charge on any atom is 0.307 e. The highest BCUT2D eigenvalue weighted by Crippen LogP contribution is 2.36. The number of esters is 1. The van der Waals surface area contributed by atoms with Crippen LogP contribution >= 0.6 is 0 Å². The Morgan fingerprint density at radius 2 is 2.07 bits per heavy atom. The molecule has 9 heteroatoms. The minimum absolute atomic E-state index is 0.166. The van der Waals surface area contributed by atoms with Crippen LogP contribution in [0.4, 0.5) is 5.69 Å². The minimum atomic E-state index is -1.10. The Bertz CT molecular complexity index is 808. The number of nitrogens with zero attached hydrogens (tertiary/aromatic N) is 1. The molecule has 1 fully saturated rings. The molecule has 1 N–H and O–H groups in total. The van der Waals surface area contributed by atoms with Gasteiger partial charge in [-0.25, -0.2) is 0 Å².